The average molecular weight is 721 g/mol. The summed E-state index contributed by atoms with van der Waals surface area (Å²) in [5.41, 5.74) is -0.359. The number of nitrogens with one attached hydrogen (secondary N) is 1. The van der Waals surface area contributed by atoms with Crippen LogP contribution in [0.25, 0.3) is 0 Å². The molecule has 0 spiro atoms. The number of phosphoric ester groups is 2. The first kappa shape index (κ1) is 41.9. The average Bonchev–Trinajstić information content (AvgIpc) is 3.33. The Morgan fingerprint density at radius 2 is 1.30 bits per heavy atom. The molecule has 0 aliphatic carbocycles. The Balaban J connectivity index is 1.37. The van der Waals surface area contributed by atoms with Crippen molar-refractivity contribution in [3.63, 3.8) is 0 Å². The fourth-order valence-electron chi connectivity index (χ4n) is 3.91. The molecule has 0 aromatic heterocycles. The van der Waals surface area contributed by atoms with Gasteiger partial charge < -0.3 is 53.5 Å². The van der Waals surface area contributed by atoms with Crippen LogP contribution in [0.4, 0.5) is 0 Å². The van der Waals surface area contributed by atoms with Gasteiger partial charge in [0.2, 0.25) is 0 Å². The van der Waals surface area contributed by atoms with E-state index in [4.69, 9.17) is 46.5 Å². The van der Waals surface area contributed by atoms with Gasteiger partial charge in [0.05, 0.1) is 97.6 Å². The van der Waals surface area contributed by atoms with Gasteiger partial charge in [-0.25, -0.2) is 9.13 Å². The van der Waals surface area contributed by atoms with Crippen LogP contribution in [0.2, 0.25) is 0 Å². The molecule has 18 nitrogen and oxygen atoms in total. The van der Waals surface area contributed by atoms with Crippen molar-refractivity contribution in [1.29, 1.82) is 0 Å². The van der Waals surface area contributed by atoms with Gasteiger partial charge in [0.15, 0.2) is 0 Å². The fourth-order valence-corrected chi connectivity index (χ4v) is 5.68. The largest absolute Gasteiger partial charge is 0.472 e. The van der Waals surface area contributed by atoms with Crippen LogP contribution in [0.1, 0.15) is 34.1 Å². The first-order chi connectivity index (χ1) is 22.1. The minimum Gasteiger partial charge on any atom is -0.390 e. The first-order valence-electron chi connectivity index (χ1n) is 15.1. The van der Waals surface area contributed by atoms with Gasteiger partial charge in [-0.3, -0.25) is 22.9 Å². The molecule has 2 aliphatic heterocycles. The third-order valence-corrected chi connectivity index (χ3v) is 8.29. The van der Waals surface area contributed by atoms with Crippen LogP contribution in [-0.4, -0.2) is 136 Å². The maximum absolute atomic E-state index is 12.2. The summed E-state index contributed by atoms with van der Waals surface area (Å²) in [6, 6.07) is 0. The van der Waals surface area contributed by atoms with E-state index >= 15 is 0 Å². The smallest absolute Gasteiger partial charge is 0.390 e. The summed E-state index contributed by atoms with van der Waals surface area (Å²) in [4.78, 5) is 32.8. The zero-order valence-electron chi connectivity index (χ0n) is 27.4. The predicted molar refractivity (Wildman–Crippen MR) is 165 cm³/mol. The number of amides is 1. The number of carbonyl (C=O) groups excluding carboxylic acids is 1. The van der Waals surface area contributed by atoms with E-state index in [-0.39, 0.29) is 65.2 Å². The molecule has 2 heterocycles. The van der Waals surface area contributed by atoms with E-state index in [2.05, 4.69) is 11.9 Å². The number of rotatable bonds is 25. The molecular weight excluding hydrogens is 670 g/mol. The highest BCUT2D eigenvalue weighted by atomic mass is 31.2. The Kier molecular flexibility index (Phi) is 18.7. The van der Waals surface area contributed by atoms with E-state index in [1.807, 2.05) is 0 Å². The lowest BCUT2D eigenvalue weighted by Crippen LogP contribution is -2.42. The molecule has 5 atom stereocenters. The zero-order chi connectivity index (χ0) is 34.9. The molecular formula is C27H50N2O16P2. The number of carbonyl (C=O) groups is 1. The van der Waals surface area contributed by atoms with Gasteiger partial charge in [0, 0.05) is 18.2 Å². The molecule has 1 saturated heterocycles. The Hall–Kier alpha value is -1.31. The standard InChI is InChI=1S/C27H50N2O16P2/c1-21-19-29(22(2)28-26(21)31)25-18-23(30)24(44-25)20-43-46(32,33)41-16-14-39-12-10-37-8-6-36-7-9-38-11-13-40-15-17-42-47(34,35)45-27(3,4)5/h19,23-25,30H,2,6-18,20H2,1,3-5H3,(H,28,31)(H,32,33)(H,34,35). The number of ether oxygens (including phenoxy) is 6. The minimum absolute atomic E-state index is 0.0226. The van der Waals surface area contributed by atoms with Gasteiger partial charge in [0.1, 0.15) is 18.2 Å². The molecule has 20 heteroatoms. The molecule has 2 rings (SSSR count). The van der Waals surface area contributed by atoms with E-state index in [0.717, 1.165) is 0 Å². The van der Waals surface area contributed by atoms with E-state index in [9.17, 15) is 28.8 Å². The highest BCUT2D eigenvalue weighted by Crippen LogP contribution is 2.47. The van der Waals surface area contributed by atoms with Gasteiger partial charge in [-0.1, -0.05) is 6.58 Å². The molecule has 0 aromatic rings. The summed E-state index contributed by atoms with van der Waals surface area (Å²) in [5, 5.41) is 12.9. The Morgan fingerprint density at radius 3 is 1.77 bits per heavy atom. The normalized spacial score (nSPS) is 23.0. The van der Waals surface area contributed by atoms with E-state index in [0.29, 0.717) is 44.4 Å². The monoisotopic (exact) mass is 720 g/mol. The minimum atomic E-state index is -4.42. The fraction of sp³-hybridized carbons (Fsp3) is 0.815. The Labute approximate surface area is 275 Å². The Morgan fingerprint density at radius 1 is 0.851 bits per heavy atom. The van der Waals surface area contributed by atoms with Crippen LogP contribution in [0.15, 0.2) is 24.2 Å². The van der Waals surface area contributed by atoms with Crippen LogP contribution in [0.5, 0.6) is 0 Å². The lowest BCUT2D eigenvalue weighted by Gasteiger charge is -2.32. The lowest BCUT2D eigenvalue weighted by atomic mass is 10.1. The number of hydrogen-bond acceptors (Lipinski definition) is 15. The topological polar surface area (TPSA) is 219 Å². The summed E-state index contributed by atoms with van der Waals surface area (Å²) in [5.74, 6) is 0.0137. The van der Waals surface area contributed by atoms with E-state index in [1.165, 1.54) is 0 Å². The van der Waals surface area contributed by atoms with E-state index in [1.54, 1.807) is 38.8 Å². The van der Waals surface area contributed by atoms with Crippen molar-refractivity contribution in [2.24, 2.45) is 0 Å². The molecule has 47 heavy (non-hydrogen) atoms. The van der Waals surface area contributed by atoms with Crippen molar-refractivity contribution in [2.75, 3.05) is 85.9 Å². The number of aliphatic hydroxyl groups is 1. The molecule has 0 saturated carbocycles. The van der Waals surface area contributed by atoms with Gasteiger partial charge in [-0.2, -0.15) is 0 Å². The van der Waals surface area contributed by atoms with Crippen LogP contribution >= 0.6 is 15.6 Å². The second-order valence-corrected chi connectivity index (χ2v) is 14.0. The number of hydrogen-bond donors (Lipinski definition) is 4. The summed E-state index contributed by atoms with van der Waals surface area (Å²) in [6.07, 6.45) is -0.774. The van der Waals surface area contributed by atoms with Gasteiger partial charge >= 0.3 is 15.6 Å². The first-order valence-corrected chi connectivity index (χ1v) is 18.1. The predicted octanol–water partition coefficient (Wildman–Crippen LogP) is 1.42. The molecule has 5 unspecified atom stereocenters. The van der Waals surface area contributed by atoms with Crippen molar-refractivity contribution in [1.82, 2.24) is 10.2 Å². The lowest BCUT2D eigenvalue weighted by molar-refractivity contribution is -0.118. The van der Waals surface area contributed by atoms with Crippen LogP contribution in [0.3, 0.4) is 0 Å². The van der Waals surface area contributed by atoms with Crippen LogP contribution in [0, 0.1) is 0 Å². The molecule has 2 aliphatic rings. The van der Waals surface area contributed by atoms with Crippen LogP contribution in [-0.2, 0) is 60.4 Å². The molecule has 1 amide bonds. The van der Waals surface area contributed by atoms with Gasteiger partial charge in [-0.05, 0) is 27.7 Å². The summed E-state index contributed by atoms with van der Waals surface area (Å²) >= 11 is 0. The number of aliphatic hydroxyl groups excluding tert-OH is 1. The third-order valence-electron chi connectivity index (χ3n) is 6.02. The summed E-state index contributed by atoms with van der Waals surface area (Å²) < 4.78 is 76.0. The summed E-state index contributed by atoms with van der Waals surface area (Å²) in [7, 11) is -8.54. The molecule has 0 aromatic carbocycles. The zero-order valence-corrected chi connectivity index (χ0v) is 29.2. The second kappa shape index (κ2) is 21.0. The van der Waals surface area contributed by atoms with Crippen molar-refractivity contribution < 1.29 is 75.3 Å². The molecule has 4 N–H and O–H groups in total. The molecule has 274 valence electrons. The quantitative estimate of drug-likeness (QED) is 0.0774. The van der Waals surface area contributed by atoms with Crippen molar-refractivity contribution in [3.05, 3.63) is 24.2 Å². The second-order valence-electron chi connectivity index (χ2n) is 11.2. The highest BCUT2D eigenvalue weighted by Gasteiger charge is 2.40. The molecule has 0 radical (unpaired) electrons. The number of nitrogens with zero attached hydrogens (tertiary/aromatic N) is 1. The van der Waals surface area contributed by atoms with E-state index < -0.39 is 39.7 Å². The summed E-state index contributed by atoms with van der Waals surface area (Å²) in [6.45, 7) is 12.3. The van der Waals surface area contributed by atoms with Gasteiger partial charge in [-0.15, -0.1) is 0 Å². The highest BCUT2D eigenvalue weighted by molar-refractivity contribution is 7.47. The number of phosphoric acid groups is 2. The molecule has 0 bridgehead atoms. The van der Waals surface area contributed by atoms with Gasteiger partial charge in [0.25, 0.3) is 5.91 Å². The van der Waals surface area contributed by atoms with Crippen molar-refractivity contribution in [2.45, 2.75) is 58.2 Å². The maximum atomic E-state index is 12.2. The Bertz CT molecular complexity index is 1090. The SMILES string of the molecule is C=C1NC(=O)C(C)=CN1C1CC(O)C(COP(=O)(O)OCCOCCOCCOCCOCCOCCOP(=O)(O)OC(C)(C)C)O1. The van der Waals surface area contributed by atoms with Crippen LogP contribution < -0.4 is 5.32 Å². The van der Waals surface area contributed by atoms with Crippen molar-refractivity contribution in [3.8, 4) is 0 Å². The molecule has 1 fully saturated rings. The van der Waals surface area contributed by atoms with Crippen molar-refractivity contribution >= 4 is 21.6 Å². The maximum Gasteiger partial charge on any atom is 0.472 e. The third kappa shape index (κ3) is 18.3.